The Hall–Kier alpha value is -1.34. The van der Waals surface area contributed by atoms with E-state index >= 15 is 0 Å². The fourth-order valence-corrected chi connectivity index (χ4v) is 2.12. The molecule has 0 aliphatic carbocycles. The van der Waals surface area contributed by atoms with Gasteiger partial charge in [-0.25, -0.2) is 0 Å². The van der Waals surface area contributed by atoms with Crippen LogP contribution in [0.4, 0.5) is 0 Å². The van der Waals surface area contributed by atoms with Gasteiger partial charge in [-0.05, 0) is 34.7 Å². The Kier molecular flexibility index (Phi) is 2.97. The van der Waals surface area contributed by atoms with Crippen molar-refractivity contribution in [3.05, 3.63) is 47.5 Å². The minimum atomic E-state index is 0.116. The van der Waals surface area contributed by atoms with Gasteiger partial charge in [-0.2, -0.15) is 0 Å². The van der Waals surface area contributed by atoms with Crippen molar-refractivity contribution < 1.29 is 0 Å². The van der Waals surface area contributed by atoms with Crippen molar-refractivity contribution in [3.63, 3.8) is 0 Å². The Labute approximate surface area is 97.3 Å². The highest BCUT2D eigenvalue weighted by molar-refractivity contribution is 5.88. The van der Waals surface area contributed by atoms with Gasteiger partial charge in [0.1, 0.15) is 0 Å². The molecule has 84 valence electrons. The Morgan fingerprint density at radius 1 is 0.938 bits per heavy atom. The summed E-state index contributed by atoms with van der Waals surface area (Å²) in [5.41, 5.74) is 8.83. The van der Waals surface area contributed by atoms with Crippen molar-refractivity contribution in [1.82, 2.24) is 0 Å². The second kappa shape index (κ2) is 4.26. The largest absolute Gasteiger partial charge is 0.324 e. The van der Waals surface area contributed by atoms with Crippen molar-refractivity contribution in [2.75, 3.05) is 0 Å². The molecule has 1 nitrogen and oxygen atoms in total. The lowest BCUT2D eigenvalue weighted by atomic mass is 9.91. The monoisotopic (exact) mass is 213 g/mol. The Morgan fingerprint density at radius 2 is 1.56 bits per heavy atom. The van der Waals surface area contributed by atoms with Gasteiger partial charge >= 0.3 is 0 Å². The van der Waals surface area contributed by atoms with E-state index in [1.54, 1.807) is 0 Å². The number of rotatable bonds is 2. The molecule has 0 heterocycles. The van der Waals surface area contributed by atoms with Gasteiger partial charge in [0, 0.05) is 6.04 Å². The lowest BCUT2D eigenvalue weighted by Gasteiger charge is -2.19. The standard InChI is InChI=1S/C15H19N/c1-10(2)15(16)14-9-8-11(3)12-6-4-5-7-13(12)14/h4-10,15H,16H2,1-3H3. The van der Waals surface area contributed by atoms with Gasteiger partial charge < -0.3 is 5.73 Å². The van der Waals surface area contributed by atoms with Gasteiger partial charge in [0.05, 0.1) is 0 Å². The van der Waals surface area contributed by atoms with Crippen molar-refractivity contribution in [1.29, 1.82) is 0 Å². The maximum atomic E-state index is 6.25. The number of nitrogens with two attached hydrogens (primary N) is 1. The molecule has 1 heteroatoms. The van der Waals surface area contributed by atoms with Crippen LogP contribution in [-0.2, 0) is 0 Å². The van der Waals surface area contributed by atoms with Crippen LogP contribution in [0.1, 0.15) is 31.0 Å². The van der Waals surface area contributed by atoms with E-state index in [0.29, 0.717) is 5.92 Å². The summed E-state index contributed by atoms with van der Waals surface area (Å²) >= 11 is 0. The van der Waals surface area contributed by atoms with Crippen LogP contribution in [0, 0.1) is 12.8 Å². The quantitative estimate of drug-likeness (QED) is 0.806. The average molecular weight is 213 g/mol. The van der Waals surface area contributed by atoms with Crippen molar-refractivity contribution >= 4 is 10.8 Å². The van der Waals surface area contributed by atoms with Gasteiger partial charge in [0.2, 0.25) is 0 Å². The zero-order valence-electron chi connectivity index (χ0n) is 10.2. The van der Waals surface area contributed by atoms with E-state index in [2.05, 4.69) is 57.2 Å². The fourth-order valence-electron chi connectivity index (χ4n) is 2.12. The van der Waals surface area contributed by atoms with Crippen LogP contribution in [0.2, 0.25) is 0 Å². The third-order valence-corrected chi connectivity index (χ3v) is 3.25. The molecule has 0 aromatic heterocycles. The Balaban J connectivity index is 2.67. The molecule has 0 radical (unpaired) electrons. The summed E-state index contributed by atoms with van der Waals surface area (Å²) in [7, 11) is 0. The summed E-state index contributed by atoms with van der Waals surface area (Å²) in [5.74, 6) is 0.464. The van der Waals surface area contributed by atoms with E-state index < -0.39 is 0 Å². The Bertz CT molecular complexity index is 500. The minimum absolute atomic E-state index is 0.116. The minimum Gasteiger partial charge on any atom is -0.324 e. The smallest absolute Gasteiger partial charge is 0.0324 e. The molecule has 0 spiro atoms. The molecule has 0 amide bonds. The highest BCUT2D eigenvalue weighted by Gasteiger charge is 2.13. The van der Waals surface area contributed by atoms with Crippen LogP contribution in [0.3, 0.4) is 0 Å². The number of fused-ring (bicyclic) bond motifs is 1. The molecule has 0 bridgehead atoms. The Morgan fingerprint density at radius 3 is 2.19 bits per heavy atom. The molecule has 0 fully saturated rings. The number of aryl methyl sites for hydroxylation is 1. The topological polar surface area (TPSA) is 26.0 Å². The second-order valence-corrected chi connectivity index (χ2v) is 4.79. The summed E-state index contributed by atoms with van der Waals surface area (Å²) < 4.78 is 0. The first-order chi connectivity index (χ1) is 7.61. The predicted octanol–water partition coefficient (Wildman–Crippen LogP) is 3.80. The molecule has 2 aromatic rings. The third kappa shape index (κ3) is 1.83. The van der Waals surface area contributed by atoms with E-state index in [-0.39, 0.29) is 6.04 Å². The molecule has 0 saturated heterocycles. The highest BCUT2D eigenvalue weighted by Crippen LogP contribution is 2.28. The number of hydrogen-bond acceptors (Lipinski definition) is 1. The first kappa shape index (κ1) is 11.2. The molecule has 16 heavy (non-hydrogen) atoms. The van der Waals surface area contributed by atoms with Crippen LogP contribution >= 0.6 is 0 Å². The highest BCUT2D eigenvalue weighted by atomic mass is 14.6. The lowest BCUT2D eigenvalue weighted by molar-refractivity contribution is 0.517. The molecule has 0 aliphatic heterocycles. The molecule has 1 unspecified atom stereocenters. The van der Waals surface area contributed by atoms with Gasteiger partial charge in [-0.3, -0.25) is 0 Å². The maximum absolute atomic E-state index is 6.25. The van der Waals surface area contributed by atoms with Gasteiger partial charge in [-0.1, -0.05) is 50.2 Å². The maximum Gasteiger partial charge on any atom is 0.0324 e. The normalized spacial score (nSPS) is 13.3. The molecule has 0 aliphatic rings. The molecular formula is C15H19N. The van der Waals surface area contributed by atoms with Crippen molar-refractivity contribution in [3.8, 4) is 0 Å². The van der Waals surface area contributed by atoms with Gasteiger partial charge in [0.15, 0.2) is 0 Å². The number of benzene rings is 2. The molecule has 2 N–H and O–H groups in total. The molecular weight excluding hydrogens is 194 g/mol. The van der Waals surface area contributed by atoms with Crippen LogP contribution in [-0.4, -0.2) is 0 Å². The lowest BCUT2D eigenvalue weighted by Crippen LogP contribution is -2.17. The molecule has 2 rings (SSSR count). The van der Waals surface area contributed by atoms with E-state index in [9.17, 15) is 0 Å². The summed E-state index contributed by atoms with van der Waals surface area (Å²) in [6.45, 7) is 6.48. The predicted molar refractivity (Wildman–Crippen MR) is 70.5 cm³/mol. The zero-order chi connectivity index (χ0) is 11.7. The van der Waals surface area contributed by atoms with E-state index in [4.69, 9.17) is 5.73 Å². The summed E-state index contributed by atoms with van der Waals surface area (Å²) in [6.07, 6.45) is 0. The summed E-state index contributed by atoms with van der Waals surface area (Å²) in [4.78, 5) is 0. The molecule has 2 aromatic carbocycles. The summed E-state index contributed by atoms with van der Waals surface area (Å²) in [5, 5.41) is 2.61. The SMILES string of the molecule is Cc1ccc(C(N)C(C)C)c2ccccc12. The van der Waals surface area contributed by atoms with E-state index in [1.165, 1.54) is 21.9 Å². The van der Waals surface area contributed by atoms with Crippen molar-refractivity contribution in [2.24, 2.45) is 11.7 Å². The molecule has 1 atom stereocenters. The van der Waals surface area contributed by atoms with Gasteiger partial charge in [-0.15, -0.1) is 0 Å². The zero-order valence-corrected chi connectivity index (χ0v) is 10.2. The van der Waals surface area contributed by atoms with E-state index in [0.717, 1.165) is 0 Å². The van der Waals surface area contributed by atoms with Crippen LogP contribution in [0.5, 0.6) is 0 Å². The fraction of sp³-hybridized carbons (Fsp3) is 0.333. The average Bonchev–Trinajstić information content (AvgIpc) is 2.29. The van der Waals surface area contributed by atoms with E-state index in [1.807, 2.05) is 0 Å². The summed E-state index contributed by atoms with van der Waals surface area (Å²) in [6, 6.07) is 13.0. The van der Waals surface area contributed by atoms with Crippen LogP contribution in [0.15, 0.2) is 36.4 Å². The van der Waals surface area contributed by atoms with Crippen LogP contribution in [0.25, 0.3) is 10.8 Å². The first-order valence-corrected chi connectivity index (χ1v) is 5.85. The van der Waals surface area contributed by atoms with Crippen LogP contribution < -0.4 is 5.73 Å². The van der Waals surface area contributed by atoms with Gasteiger partial charge in [0.25, 0.3) is 0 Å². The third-order valence-electron chi connectivity index (χ3n) is 3.25. The first-order valence-electron chi connectivity index (χ1n) is 5.85. The van der Waals surface area contributed by atoms with Crippen molar-refractivity contribution in [2.45, 2.75) is 26.8 Å². The second-order valence-electron chi connectivity index (χ2n) is 4.79. The number of hydrogen-bond donors (Lipinski definition) is 1. The molecule has 0 saturated carbocycles.